The SMILES string of the molecule is COC(=O)CNCCNC1CCCC1. The highest BCUT2D eigenvalue weighted by Crippen LogP contribution is 2.16. The van der Waals surface area contributed by atoms with Crippen LogP contribution in [0.5, 0.6) is 0 Å². The van der Waals surface area contributed by atoms with Crippen LogP contribution in [-0.2, 0) is 9.53 Å². The summed E-state index contributed by atoms with van der Waals surface area (Å²) in [5, 5.41) is 6.48. The second-order valence-electron chi connectivity index (χ2n) is 3.69. The maximum absolute atomic E-state index is 10.7. The Morgan fingerprint density at radius 1 is 1.36 bits per heavy atom. The summed E-state index contributed by atoms with van der Waals surface area (Å²) in [4.78, 5) is 10.7. The highest BCUT2D eigenvalue weighted by molar-refractivity contribution is 5.71. The predicted molar refractivity (Wildman–Crippen MR) is 55.1 cm³/mol. The van der Waals surface area contributed by atoms with Gasteiger partial charge >= 0.3 is 5.97 Å². The van der Waals surface area contributed by atoms with Gasteiger partial charge in [-0.3, -0.25) is 4.79 Å². The van der Waals surface area contributed by atoms with E-state index in [-0.39, 0.29) is 5.97 Å². The van der Waals surface area contributed by atoms with Gasteiger partial charge in [-0.15, -0.1) is 0 Å². The number of esters is 1. The Bertz CT molecular complexity index is 168. The van der Waals surface area contributed by atoms with Gasteiger partial charge in [0.25, 0.3) is 0 Å². The molecule has 1 fully saturated rings. The molecule has 14 heavy (non-hydrogen) atoms. The highest BCUT2D eigenvalue weighted by atomic mass is 16.5. The van der Waals surface area contributed by atoms with Crippen molar-refractivity contribution in [3.63, 3.8) is 0 Å². The van der Waals surface area contributed by atoms with E-state index in [0.717, 1.165) is 13.1 Å². The third-order valence-corrected chi connectivity index (χ3v) is 2.59. The molecule has 0 unspecified atom stereocenters. The van der Waals surface area contributed by atoms with Crippen molar-refractivity contribution in [2.75, 3.05) is 26.7 Å². The Hall–Kier alpha value is -0.610. The van der Waals surface area contributed by atoms with Crippen LogP contribution in [0.1, 0.15) is 25.7 Å². The topological polar surface area (TPSA) is 50.4 Å². The summed E-state index contributed by atoms with van der Waals surface area (Å²) < 4.78 is 4.51. The number of nitrogens with one attached hydrogen (secondary N) is 2. The molecule has 0 spiro atoms. The van der Waals surface area contributed by atoms with Crippen LogP contribution < -0.4 is 10.6 Å². The molecule has 4 heteroatoms. The molecule has 0 aromatic carbocycles. The van der Waals surface area contributed by atoms with Gasteiger partial charge in [0.1, 0.15) is 0 Å². The van der Waals surface area contributed by atoms with Gasteiger partial charge < -0.3 is 15.4 Å². The van der Waals surface area contributed by atoms with Crippen LogP contribution >= 0.6 is 0 Å². The van der Waals surface area contributed by atoms with E-state index in [4.69, 9.17) is 0 Å². The second kappa shape index (κ2) is 6.79. The lowest BCUT2D eigenvalue weighted by molar-refractivity contribution is -0.139. The zero-order valence-electron chi connectivity index (χ0n) is 8.84. The summed E-state index contributed by atoms with van der Waals surface area (Å²) in [5.41, 5.74) is 0. The zero-order valence-corrected chi connectivity index (χ0v) is 8.84. The number of carbonyl (C=O) groups excluding carboxylic acids is 1. The molecule has 1 aliphatic rings. The molecule has 1 saturated carbocycles. The smallest absolute Gasteiger partial charge is 0.319 e. The molecule has 0 heterocycles. The van der Waals surface area contributed by atoms with Crippen LogP contribution in [0.25, 0.3) is 0 Å². The van der Waals surface area contributed by atoms with E-state index in [9.17, 15) is 4.79 Å². The molecule has 4 nitrogen and oxygen atoms in total. The molecule has 0 aromatic rings. The Morgan fingerprint density at radius 2 is 2.07 bits per heavy atom. The summed E-state index contributed by atoms with van der Waals surface area (Å²) >= 11 is 0. The van der Waals surface area contributed by atoms with Crippen molar-refractivity contribution >= 4 is 5.97 Å². The fourth-order valence-electron chi connectivity index (χ4n) is 1.76. The summed E-state index contributed by atoms with van der Waals surface area (Å²) in [7, 11) is 1.40. The summed E-state index contributed by atoms with van der Waals surface area (Å²) in [6.45, 7) is 2.07. The minimum Gasteiger partial charge on any atom is -0.468 e. The molecule has 0 saturated heterocycles. The Labute approximate surface area is 85.4 Å². The third kappa shape index (κ3) is 4.58. The van der Waals surface area contributed by atoms with Gasteiger partial charge in [-0.25, -0.2) is 0 Å². The van der Waals surface area contributed by atoms with Crippen molar-refractivity contribution in [2.45, 2.75) is 31.7 Å². The standard InChI is InChI=1S/C10H20N2O2/c1-14-10(13)8-11-6-7-12-9-4-2-3-5-9/h9,11-12H,2-8H2,1H3. The molecule has 1 aliphatic carbocycles. The lowest BCUT2D eigenvalue weighted by Crippen LogP contribution is -2.35. The first-order chi connectivity index (χ1) is 6.83. The van der Waals surface area contributed by atoms with E-state index < -0.39 is 0 Å². The van der Waals surface area contributed by atoms with Crippen molar-refractivity contribution in [1.29, 1.82) is 0 Å². The number of rotatable bonds is 6. The maximum atomic E-state index is 10.7. The summed E-state index contributed by atoms with van der Waals surface area (Å²) in [6.07, 6.45) is 5.31. The van der Waals surface area contributed by atoms with Gasteiger partial charge in [0.2, 0.25) is 0 Å². The van der Waals surface area contributed by atoms with Crippen LogP contribution in [0.3, 0.4) is 0 Å². The largest absolute Gasteiger partial charge is 0.468 e. The Kier molecular flexibility index (Phi) is 5.56. The van der Waals surface area contributed by atoms with Crippen molar-refractivity contribution in [3.8, 4) is 0 Å². The molecule has 2 N–H and O–H groups in total. The first kappa shape index (κ1) is 11.5. The van der Waals surface area contributed by atoms with Crippen LogP contribution in [0.2, 0.25) is 0 Å². The number of hydrogen-bond donors (Lipinski definition) is 2. The first-order valence-electron chi connectivity index (χ1n) is 5.34. The number of ether oxygens (including phenoxy) is 1. The van der Waals surface area contributed by atoms with E-state index in [0.29, 0.717) is 12.6 Å². The van der Waals surface area contributed by atoms with Crippen LogP contribution in [0, 0.1) is 0 Å². The van der Waals surface area contributed by atoms with Gasteiger partial charge in [0.05, 0.1) is 13.7 Å². The van der Waals surface area contributed by atoms with Gasteiger partial charge in [-0.1, -0.05) is 12.8 Å². The molecule has 0 bridgehead atoms. The quantitative estimate of drug-likeness (QED) is 0.478. The molecule has 0 radical (unpaired) electrons. The monoisotopic (exact) mass is 200 g/mol. The third-order valence-electron chi connectivity index (χ3n) is 2.59. The van der Waals surface area contributed by atoms with Gasteiger partial charge in [0.15, 0.2) is 0 Å². The molecule has 0 amide bonds. The van der Waals surface area contributed by atoms with E-state index in [1.807, 2.05) is 0 Å². The molecular formula is C10H20N2O2. The fourth-order valence-corrected chi connectivity index (χ4v) is 1.76. The lowest BCUT2D eigenvalue weighted by Gasteiger charge is -2.11. The second-order valence-corrected chi connectivity index (χ2v) is 3.69. The molecule has 0 aromatic heterocycles. The Balaban J connectivity index is 1.86. The van der Waals surface area contributed by atoms with Gasteiger partial charge in [-0.05, 0) is 12.8 Å². The molecular weight excluding hydrogens is 180 g/mol. The number of methoxy groups -OCH3 is 1. The molecule has 82 valence electrons. The Morgan fingerprint density at radius 3 is 2.71 bits per heavy atom. The van der Waals surface area contributed by atoms with Crippen molar-refractivity contribution in [3.05, 3.63) is 0 Å². The van der Waals surface area contributed by atoms with E-state index in [2.05, 4.69) is 15.4 Å². The maximum Gasteiger partial charge on any atom is 0.319 e. The fraction of sp³-hybridized carbons (Fsp3) is 0.900. The van der Waals surface area contributed by atoms with Crippen LogP contribution in [0.4, 0.5) is 0 Å². The van der Waals surface area contributed by atoms with E-state index in [1.54, 1.807) is 0 Å². The van der Waals surface area contributed by atoms with Crippen LogP contribution in [0.15, 0.2) is 0 Å². The van der Waals surface area contributed by atoms with E-state index >= 15 is 0 Å². The minimum absolute atomic E-state index is 0.203. The van der Waals surface area contributed by atoms with Crippen molar-refractivity contribution < 1.29 is 9.53 Å². The summed E-state index contributed by atoms with van der Waals surface area (Å²) in [5.74, 6) is -0.203. The molecule has 0 atom stereocenters. The average molecular weight is 200 g/mol. The molecule has 0 aliphatic heterocycles. The number of carbonyl (C=O) groups is 1. The lowest BCUT2D eigenvalue weighted by atomic mass is 10.2. The predicted octanol–water partition coefficient (Wildman–Crippen LogP) is 0.281. The number of hydrogen-bond acceptors (Lipinski definition) is 4. The van der Waals surface area contributed by atoms with E-state index in [1.165, 1.54) is 32.8 Å². The van der Waals surface area contributed by atoms with Crippen LogP contribution in [-0.4, -0.2) is 38.8 Å². The van der Waals surface area contributed by atoms with Crippen molar-refractivity contribution in [1.82, 2.24) is 10.6 Å². The highest BCUT2D eigenvalue weighted by Gasteiger charge is 2.13. The van der Waals surface area contributed by atoms with Gasteiger partial charge in [0, 0.05) is 19.1 Å². The average Bonchev–Trinajstić information content (AvgIpc) is 2.69. The molecule has 1 rings (SSSR count). The first-order valence-corrected chi connectivity index (χ1v) is 5.34. The van der Waals surface area contributed by atoms with Gasteiger partial charge in [-0.2, -0.15) is 0 Å². The van der Waals surface area contributed by atoms with Crippen molar-refractivity contribution in [2.24, 2.45) is 0 Å². The minimum atomic E-state index is -0.203. The summed E-state index contributed by atoms with van der Waals surface area (Å²) in [6, 6.07) is 0.704. The zero-order chi connectivity index (χ0) is 10.2. The normalized spacial score (nSPS) is 17.2.